The second-order valence-electron chi connectivity index (χ2n) is 5.93. The molecule has 0 aliphatic heterocycles. The van der Waals surface area contributed by atoms with Gasteiger partial charge < -0.3 is 5.32 Å². The fraction of sp³-hybridized carbons (Fsp3) is 0.167. The summed E-state index contributed by atoms with van der Waals surface area (Å²) < 4.78 is 2.98. The maximum atomic E-state index is 12.6. The SMILES string of the molecule is C[C@H](C(=O)NCc1cnn2cccnc12)n1cnc2ccccc2c1=O. The van der Waals surface area contributed by atoms with Crippen LogP contribution in [0.3, 0.4) is 0 Å². The number of aromatic nitrogens is 5. The fourth-order valence-corrected chi connectivity index (χ4v) is 2.82. The maximum Gasteiger partial charge on any atom is 0.261 e. The van der Waals surface area contributed by atoms with Crippen LogP contribution in [0.1, 0.15) is 18.5 Å². The summed E-state index contributed by atoms with van der Waals surface area (Å²) in [5.41, 5.74) is 1.86. The molecular formula is C18H16N6O2. The Morgan fingerprint density at radius 1 is 1.23 bits per heavy atom. The molecule has 3 heterocycles. The van der Waals surface area contributed by atoms with Gasteiger partial charge in [0.25, 0.3) is 5.56 Å². The summed E-state index contributed by atoms with van der Waals surface area (Å²) in [5, 5.41) is 7.50. The average molecular weight is 348 g/mol. The van der Waals surface area contributed by atoms with Gasteiger partial charge in [0.2, 0.25) is 5.91 Å². The van der Waals surface area contributed by atoms with Gasteiger partial charge in [-0.1, -0.05) is 12.1 Å². The second kappa shape index (κ2) is 6.40. The van der Waals surface area contributed by atoms with Crippen LogP contribution >= 0.6 is 0 Å². The van der Waals surface area contributed by atoms with Crippen LogP contribution in [-0.4, -0.2) is 30.1 Å². The summed E-state index contributed by atoms with van der Waals surface area (Å²) in [6.07, 6.45) is 6.53. The summed E-state index contributed by atoms with van der Waals surface area (Å²) in [4.78, 5) is 33.6. The largest absolute Gasteiger partial charge is 0.350 e. The Balaban J connectivity index is 1.55. The third-order valence-corrected chi connectivity index (χ3v) is 4.29. The smallest absolute Gasteiger partial charge is 0.261 e. The third kappa shape index (κ3) is 2.71. The summed E-state index contributed by atoms with van der Waals surface area (Å²) in [7, 11) is 0. The van der Waals surface area contributed by atoms with Crippen LogP contribution in [0.4, 0.5) is 0 Å². The first kappa shape index (κ1) is 15.9. The number of carbonyl (C=O) groups is 1. The van der Waals surface area contributed by atoms with Crippen LogP contribution in [0.25, 0.3) is 16.6 Å². The van der Waals surface area contributed by atoms with Crippen LogP contribution < -0.4 is 10.9 Å². The van der Waals surface area contributed by atoms with Gasteiger partial charge in [0.15, 0.2) is 5.65 Å². The van der Waals surface area contributed by atoms with E-state index in [1.807, 2.05) is 6.07 Å². The van der Waals surface area contributed by atoms with Crippen molar-refractivity contribution in [3.8, 4) is 0 Å². The van der Waals surface area contributed by atoms with Crippen molar-refractivity contribution < 1.29 is 4.79 Å². The van der Waals surface area contributed by atoms with Crippen molar-refractivity contribution in [1.82, 2.24) is 29.5 Å². The van der Waals surface area contributed by atoms with Gasteiger partial charge in [0.05, 0.1) is 23.4 Å². The minimum Gasteiger partial charge on any atom is -0.350 e. The lowest BCUT2D eigenvalue weighted by atomic mass is 10.2. The summed E-state index contributed by atoms with van der Waals surface area (Å²) in [6.45, 7) is 1.95. The molecular weight excluding hydrogens is 332 g/mol. The normalized spacial score (nSPS) is 12.3. The van der Waals surface area contributed by atoms with E-state index in [0.717, 1.165) is 5.56 Å². The predicted octanol–water partition coefficient (Wildman–Crippen LogP) is 1.32. The van der Waals surface area contributed by atoms with E-state index in [1.165, 1.54) is 10.9 Å². The highest BCUT2D eigenvalue weighted by molar-refractivity contribution is 5.81. The summed E-state index contributed by atoms with van der Waals surface area (Å²) in [5.74, 6) is -0.278. The van der Waals surface area contributed by atoms with Gasteiger partial charge in [0.1, 0.15) is 6.04 Å². The van der Waals surface area contributed by atoms with Crippen molar-refractivity contribution in [3.63, 3.8) is 0 Å². The Morgan fingerprint density at radius 2 is 2.08 bits per heavy atom. The van der Waals surface area contributed by atoms with Crippen LogP contribution in [0.5, 0.6) is 0 Å². The molecule has 0 bridgehead atoms. The van der Waals surface area contributed by atoms with Crippen LogP contribution in [0.2, 0.25) is 0 Å². The molecule has 0 saturated carbocycles. The number of para-hydroxylation sites is 1. The van der Waals surface area contributed by atoms with Crippen molar-refractivity contribution in [3.05, 3.63) is 71.2 Å². The molecule has 1 N–H and O–H groups in total. The van der Waals surface area contributed by atoms with Gasteiger partial charge in [-0.15, -0.1) is 0 Å². The zero-order chi connectivity index (χ0) is 18.1. The number of nitrogens with zero attached hydrogens (tertiary/aromatic N) is 5. The number of amides is 1. The van der Waals surface area contributed by atoms with Gasteiger partial charge >= 0.3 is 0 Å². The topological polar surface area (TPSA) is 94.2 Å². The van der Waals surface area contributed by atoms with E-state index in [9.17, 15) is 9.59 Å². The van der Waals surface area contributed by atoms with E-state index in [0.29, 0.717) is 16.6 Å². The summed E-state index contributed by atoms with van der Waals surface area (Å²) in [6, 6.07) is 8.16. The monoisotopic (exact) mass is 348 g/mol. The molecule has 1 amide bonds. The van der Waals surface area contributed by atoms with E-state index < -0.39 is 6.04 Å². The number of hydrogen-bond donors (Lipinski definition) is 1. The molecule has 1 aromatic carbocycles. The number of rotatable bonds is 4. The zero-order valence-corrected chi connectivity index (χ0v) is 14.0. The molecule has 0 aliphatic carbocycles. The quantitative estimate of drug-likeness (QED) is 0.600. The van der Waals surface area contributed by atoms with Crippen LogP contribution in [0, 0.1) is 0 Å². The molecule has 8 nitrogen and oxygen atoms in total. The van der Waals surface area contributed by atoms with E-state index in [1.54, 1.807) is 54.3 Å². The number of hydrogen-bond acceptors (Lipinski definition) is 5. The lowest BCUT2D eigenvalue weighted by Crippen LogP contribution is -2.35. The van der Waals surface area contributed by atoms with Crippen molar-refractivity contribution in [2.24, 2.45) is 0 Å². The van der Waals surface area contributed by atoms with Gasteiger partial charge in [-0.3, -0.25) is 14.2 Å². The average Bonchev–Trinajstić information content (AvgIpc) is 3.09. The van der Waals surface area contributed by atoms with Crippen LogP contribution in [0.15, 0.2) is 60.0 Å². The van der Waals surface area contributed by atoms with Gasteiger partial charge in [-0.25, -0.2) is 14.5 Å². The van der Waals surface area contributed by atoms with Crippen molar-refractivity contribution in [2.75, 3.05) is 0 Å². The summed E-state index contributed by atoms with van der Waals surface area (Å²) >= 11 is 0. The highest BCUT2D eigenvalue weighted by Crippen LogP contribution is 2.10. The van der Waals surface area contributed by atoms with Gasteiger partial charge in [-0.2, -0.15) is 5.10 Å². The molecule has 0 saturated heterocycles. The number of carbonyl (C=O) groups excluding carboxylic acids is 1. The zero-order valence-electron chi connectivity index (χ0n) is 14.0. The maximum absolute atomic E-state index is 12.6. The van der Waals surface area contributed by atoms with Crippen LogP contribution in [-0.2, 0) is 11.3 Å². The standard InChI is InChI=1S/C18H16N6O2/c1-12(23-11-21-15-6-3-2-5-14(15)18(23)26)17(25)20-9-13-10-22-24-8-4-7-19-16(13)24/h2-8,10-12H,9H2,1H3,(H,20,25)/t12-/m1/s1. The minimum atomic E-state index is -0.686. The van der Waals surface area contributed by atoms with Crippen molar-refractivity contribution in [1.29, 1.82) is 0 Å². The Bertz CT molecular complexity index is 1160. The van der Waals surface area contributed by atoms with Gasteiger partial charge in [-0.05, 0) is 25.1 Å². The Morgan fingerprint density at radius 3 is 2.96 bits per heavy atom. The molecule has 4 aromatic rings. The molecule has 0 fully saturated rings. The molecule has 0 aliphatic rings. The van der Waals surface area contributed by atoms with Crippen molar-refractivity contribution in [2.45, 2.75) is 19.5 Å². The molecule has 130 valence electrons. The first-order valence-electron chi connectivity index (χ1n) is 8.16. The Kier molecular flexibility index (Phi) is 3.92. The first-order chi connectivity index (χ1) is 12.6. The predicted molar refractivity (Wildman–Crippen MR) is 95.5 cm³/mol. The third-order valence-electron chi connectivity index (χ3n) is 4.29. The highest BCUT2D eigenvalue weighted by atomic mass is 16.2. The number of benzene rings is 1. The Hall–Kier alpha value is -3.55. The highest BCUT2D eigenvalue weighted by Gasteiger charge is 2.18. The second-order valence-corrected chi connectivity index (χ2v) is 5.93. The lowest BCUT2D eigenvalue weighted by molar-refractivity contribution is -0.124. The van der Waals surface area contributed by atoms with Crippen molar-refractivity contribution >= 4 is 22.5 Å². The molecule has 26 heavy (non-hydrogen) atoms. The molecule has 0 radical (unpaired) electrons. The van der Waals surface area contributed by atoms with E-state index in [-0.39, 0.29) is 18.0 Å². The molecule has 4 rings (SSSR count). The number of nitrogens with one attached hydrogen (secondary N) is 1. The van der Waals surface area contributed by atoms with E-state index in [2.05, 4.69) is 20.4 Å². The van der Waals surface area contributed by atoms with E-state index >= 15 is 0 Å². The van der Waals surface area contributed by atoms with Gasteiger partial charge in [0, 0.05) is 24.5 Å². The molecule has 1 atom stereocenters. The lowest BCUT2D eigenvalue weighted by Gasteiger charge is -2.15. The minimum absolute atomic E-state index is 0.240. The van der Waals surface area contributed by atoms with E-state index in [4.69, 9.17) is 0 Å². The molecule has 0 spiro atoms. The number of fused-ring (bicyclic) bond motifs is 2. The molecule has 0 unspecified atom stereocenters. The molecule has 8 heteroatoms. The molecule has 3 aromatic heterocycles. The Labute approximate surface area is 148 Å². The first-order valence-corrected chi connectivity index (χ1v) is 8.16. The fourth-order valence-electron chi connectivity index (χ4n) is 2.82.